The van der Waals surface area contributed by atoms with Gasteiger partial charge in [0.1, 0.15) is 0 Å². The Balaban J connectivity index is 0.000000187. The lowest BCUT2D eigenvalue weighted by atomic mass is 10.4. The van der Waals surface area contributed by atoms with E-state index in [1.165, 1.54) is 4.80 Å². The van der Waals surface area contributed by atoms with E-state index in [0.717, 1.165) is 17.9 Å². The lowest BCUT2D eigenvalue weighted by Crippen LogP contribution is -2.13. The molecule has 28 heavy (non-hydrogen) atoms. The van der Waals surface area contributed by atoms with Crippen LogP contribution < -0.4 is 0 Å². The van der Waals surface area contributed by atoms with E-state index in [4.69, 9.17) is 0 Å². The zero-order valence-electron chi connectivity index (χ0n) is 17.8. The van der Waals surface area contributed by atoms with Crippen molar-refractivity contribution in [1.29, 1.82) is 0 Å². The van der Waals surface area contributed by atoms with Gasteiger partial charge in [0.05, 0.1) is 31.0 Å². The maximum absolute atomic E-state index is 3.87. The van der Waals surface area contributed by atoms with Gasteiger partial charge in [-0.2, -0.15) is 9.91 Å². The number of aromatic nitrogens is 10. The molecule has 0 radical (unpaired) electrons. The molecule has 0 unspecified atom stereocenters. The van der Waals surface area contributed by atoms with Crippen molar-refractivity contribution in [2.24, 2.45) is 31.5 Å². The average Bonchev–Trinajstić information content (AvgIpc) is 3.37. The van der Waals surface area contributed by atoms with E-state index < -0.39 is 0 Å². The first-order chi connectivity index (χ1) is 13.2. The summed E-state index contributed by atoms with van der Waals surface area (Å²) in [4.78, 5) is 1.43. The first-order valence-electron chi connectivity index (χ1n) is 8.64. The molecule has 0 aliphatic carbocycles. The maximum Gasteiger partial charge on any atom is 0.171 e. The van der Waals surface area contributed by atoms with Crippen LogP contribution in [0, 0.1) is 20.8 Å². The normalized spacial score (nSPS) is 14.4. The minimum Gasteiger partial charge on any atom is -0.280 e. The van der Waals surface area contributed by atoms with Gasteiger partial charge in [0.15, 0.2) is 5.82 Å². The van der Waals surface area contributed by atoms with Gasteiger partial charge in [-0.3, -0.25) is 14.4 Å². The molecule has 0 N–H and O–H groups in total. The number of rotatable bonds is 0. The Bertz CT molecular complexity index is 680. The second-order valence-corrected chi connectivity index (χ2v) is 6.29. The van der Waals surface area contributed by atoms with Crippen LogP contribution in [0.25, 0.3) is 0 Å². The van der Waals surface area contributed by atoms with Gasteiger partial charge in [-0.25, -0.2) is 0 Å². The predicted octanol–water partition coefficient (Wildman–Crippen LogP) is 0.453. The Labute approximate surface area is 164 Å². The molecular formula is C15H29N13. The Morgan fingerprint density at radius 1 is 0.821 bits per heavy atom. The van der Waals surface area contributed by atoms with Crippen molar-refractivity contribution < 1.29 is 0 Å². The van der Waals surface area contributed by atoms with Crippen LogP contribution in [0.2, 0.25) is 0 Å². The van der Waals surface area contributed by atoms with Crippen LogP contribution in [0.1, 0.15) is 24.1 Å². The van der Waals surface area contributed by atoms with Crippen molar-refractivity contribution >= 4 is 0 Å². The maximum atomic E-state index is 3.87. The van der Waals surface area contributed by atoms with Gasteiger partial charge in [-0.05, 0) is 32.9 Å². The number of likely N-dealkylation sites (N-methyl/N-ethyl adjacent to an activating group) is 1. The van der Waals surface area contributed by atoms with Gasteiger partial charge >= 0.3 is 0 Å². The van der Waals surface area contributed by atoms with Crippen LogP contribution in [0.4, 0.5) is 0 Å². The fourth-order valence-electron chi connectivity index (χ4n) is 1.94. The summed E-state index contributed by atoms with van der Waals surface area (Å²) in [6.45, 7) is 8.64. The smallest absolute Gasteiger partial charge is 0.171 e. The largest absolute Gasteiger partial charge is 0.280 e. The molecule has 0 aromatic carbocycles. The standard InChI is InChI=1S/C4H9N3.2C4H7N3.C3H6N4/c3*1-4-3-7(2)6-5-4;1-3-4-6-7(2)5-3/h4H,3H2,1-2H3;2*3H,1-2H3;1-2H3/t4-;;;/m0.../s1. The second kappa shape index (κ2) is 11.5. The summed E-state index contributed by atoms with van der Waals surface area (Å²) in [5.74, 6) is 0.711. The molecule has 1 aliphatic heterocycles. The van der Waals surface area contributed by atoms with Gasteiger partial charge in [-0.1, -0.05) is 15.7 Å². The van der Waals surface area contributed by atoms with Crippen molar-refractivity contribution in [2.75, 3.05) is 13.6 Å². The Morgan fingerprint density at radius 2 is 1.36 bits per heavy atom. The minimum atomic E-state index is 0.407. The molecular weight excluding hydrogens is 362 g/mol. The Kier molecular flexibility index (Phi) is 9.33. The van der Waals surface area contributed by atoms with Crippen LogP contribution >= 0.6 is 0 Å². The highest BCUT2D eigenvalue weighted by Gasteiger charge is 2.08. The summed E-state index contributed by atoms with van der Waals surface area (Å²) in [5.41, 5.74) is 1.92. The van der Waals surface area contributed by atoms with Crippen molar-refractivity contribution in [3.8, 4) is 0 Å². The predicted molar refractivity (Wildman–Crippen MR) is 102 cm³/mol. The third-order valence-corrected chi connectivity index (χ3v) is 2.97. The van der Waals surface area contributed by atoms with Crippen LogP contribution in [-0.2, 0) is 21.1 Å². The summed E-state index contributed by atoms with van der Waals surface area (Å²) in [6.07, 6.45) is 3.72. The number of aryl methyl sites for hydroxylation is 6. The Morgan fingerprint density at radius 3 is 1.46 bits per heavy atom. The van der Waals surface area contributed by atoms with E-state index in [2.05, 4.69) is 46.4 Å². The molecule has 13 heteroatoms. The zero-order chi connectivity index (χ0) is 21.1. The van der Waals surface area contributed by atoms with Gasteiger partial charge in [0, 0.05) is 33.5 Å². The molecule has 0 spiro atoms. The number of hydrogen-bond acceptors (Lipinski definition) is 10. The molecule has 4 rings (SSSR count). The first-order valence-corrected chi connectivity index (χ1v) is 8.64. The summed E-state index contributed by atoms with van der Waals surface area (Å²) < 4.78 is 3.35. The van der Waals surface area contributed by atoms with E-state index >= 15 is 0 Å². The highest BCUT2D eigenvalue weighted by Crippen LogP contribution is 2.02. The van der Waals surface area contributed by atoms with Crippen LogP contribution in [0.3, 0.4) is 0 Å². The first kappa shape index (κ1) is 22.8. The summed E-state index contributed by atoms with van der Waals surface area (Å²) in [5, 5.41) is 35.3. The monoisotopic (exact) mass is 391 g/mol. The highest BCUT2D eigenvalue weighted by atomic mass is 15.6. The van der Waals surface area contributed by atoms with E-state index in [-0.39, 0.29) is 0 Å². The van der Waals surface area contributed by atoms with Crippen molar-refractivity contribution in [1.82, 2.24) is 55.2 Å². The lowest BCUT2D eigenvalue weighted by molar-refractivity contribution is 0.383. The molecule has 4 heterocycles. The fraction of sp³-hybridized carbons (Fsp3) is 0.667. The summed E-state index contributed by atoms with van der Waals surface area (Å²) >= 11 is 0. The fourth-order valence-corrected chi connectivity index (χ4v) is 1.94. The zero-order valence-corrected chi connectivity index (χ0v) is 17.8. The molecule has 0 saturated carbocycles. The molecule has 0 amide bonds. The third-order valence-electron chi connectivity index (χ3n) is 2.97. The molecule has 3 aromatic heterocycles. The SMILES string of the molecule is C[C@H]1CN(C)N=N1.Cc1cn(C)nn1.Cc1cn(C)nn1.Cc1nnn(C)n1. The molecule has 154 valence electrons. The molecule has 1 atom stereocenters. The molecule has 1 aliphatic rings. The van der Waals surface area contributed by atoms with E-state index in [0.29, 0.717) is 11.9 Å². The Hall–Kier alpha value is -3.25. The lowest BCUT2D eigenvalue weighted by Gasteiger charge is -2.00. The summed E-state index contributed by atoms with van der Waals surface area (Å²) in [7, 11) is 7.35. The van der Waals surface area contributed by atoms with Crippen molar-refractivity contribution in [2.45, 2.75) is 33.7 Å². The van der Waals surface area contributed by atoms with Gasteiger partial charge < -0.3 is 0 Å². The van der Waals surface area contributed by atoms with E-state index in [1.807, 2.05) is 59.3 Å². The van der Waals surface area contributed by atoms with Crippen LogP contribution in [0.5, 0.6) is 0 Å². The number of nitrogens with zero attached hydrogens (tertiary/aromatic N) is 13. The van der Waals surface area contributed by atoms with Gasteiger partial charge in [0.25, 0.3) is 0 Å². The van der Waals surface area contributed by atoms with Crippen molar-refractivity contribution in [3.63, 3.8) is 0 Å². The number of hydrogen-bond donors (Lipinski definition) is 0. The molecule has 3 aromatic rings. The molecule has 13 nitrogen and oxygen atoms in total. The number of tetrazole rings is 1. The molecule has 0 bridgehead atoms. The third kappa shape index (κ3) is 10.0. The van der Waals surface area contributed by atoms with Crippen LogP contribution in [0.15, 0.2) is 22.7 Å². The van der Waals surface area contributed by atoms with E-state index in [9.17, 15) is 0 Å². The van der Waals surface area contributed by atoms with Gasteiger partial charge in [-0.15, -0.1) is 20.4 Å². The topological polar surface area (TPSA) is 133 Å². The highest BCUT2D eigenvalue weighted by molar-refractivity contribution is 4.85. The summed E-state index contributed by atoms with van der Waals surface area (Å²) in [6, 6.07) is 0.407. The van der Waals surface area contributed by atoms with Crippen molar-refractivity contribution in [3.05, 3.63) is 29.6 Å². The average molecular weight is 391 g/mol. The van der Waals surface area contributed by atoms with E-state index in [1.54, 1.807) is 23.3 Å². The molecule has 0 fully saturated rings. The second-order valence-electron chi connectivity index (χ2n) is 6.29. The van der Waals surface area contributed by atoms with Crippen LogP contribution in [-0.4, -0.2) is 74.8 Å². The van der Waals surface area contributed by atoms with Gasteiger partial charge in [0.2, 0.25) is 0 Å². The minimum absolute atomic E-state index is 0.407. The molecule has 0 saturated heterocycles. The quantitative estimate of drug-likeness (QED) is 0.539.